The Morgan fingerprint density at radius 2 is 1.79 bits per heavy atom. The predicted molar refractivity (Wildman–Crippen MR) is 72.8 cm³/mol. The maximum absolute atomic E-state index is 10.3. The summed E-state index contributed by atoms with van der Waals surface area (Å²) in [5.74, 6) is 0.880. The van der Waals surface area contributed by atoms with E-state index in [4.69, 9.17) is 14.6 Å². The van der Waals surface area contributed by atoms with E-state index in [9.17, 15) is 4.79 Å². The average molecular weight is 267 g/mol. The van der Waals surface area contributed by atoms with Gasteiger partial charge in [0.15, 0.2) is 0 Å². The van der Waals surface area contributed by atoms with Crippen LogP contribution in [0.25, 0.3) is 0 Å². The van der Waals surface area contributed by atoms with Crippen LogP contribution in [-0.4, -0.2) is 37.4 Å². The van der Waals surface area contributed by atoms with Gasteiger partial charge in [-0.2, -0.15) is 0 Å². The Morgan fingerprint density at radius 1 is 1.16 bits per heavy atom. The molecule has 0 spiro atoms. The van der Waals surface area contributed by atoms with Crippen LogP contribution in [0.1, 0.15) is 19.8 Å². The highest BCUT2D eigenvalue weighted by Gasteiger charge is 1.97. The fourth-order valence-corrected chi connectivity index (χ4v) is 1.53. The molecule has 0 aliphatic rings. The van der Waals surface area contributed by atoms with E-state index in [-0.39, 0.29) is 6.42 Å². The first-order chi connectivity index (χ1) is 9.22. The van der Waals surface area contributed by atoms with Crippen LogP contribution in [0.2, 0.25) is 0 Å². The molecule has 0 bridgehead atoms. The molecule has 0 aliphatic carbocycles. The van der Waals surface area contributed by atoms with Gasteiger partial charge in [0, 0.05) is 13.0 Å². The van der Waals surface area contributed by atoms with E-state index in [2.05, 4.69) is 5.32 Å². The van der Waals surface area contributed by atoms with Crippen LogP contribution >= 0.6 is 0 Å². The number of hydrogen-bond acceptors (Lipinski definition) is 4. The van der Waals surface area contributed by atoms with Gasteiger partial charge in [-0.25, -0.2) is 0 Å². The highest BCUT2D eigenvalue weighted by Crippen LogP contribution is 2.17. The van der Waals surface area contributed by atoms with Crippen molar-refractivity contribution in [2.24, 2.45) is 0 Å². The lowest BCUT2D eigenvalue weighted by Gasteiger charge is -2.08. The third kappa shape index (κ3) is 7.31. The molecule has 0 radical (unpaired) electrons. The van der Waals surface area contributed by atoms with Crippen LogP contribution in [0.5, 0.6) is 11.5 Å². The molecule has 2 N–H and O–H groups in total. The summed E-state index contributed by atoms with van der Waals surface area (Å²) in [6, 6.07) is 7.49. The first-order valence-electron chi connectivity index (χ1n) is 6.50. The molecular weight excluding hydrogens is 246 g/mol. The molecule has 0 saturated carbocycles. The summed E-state index contributed by atoms with van der Waals surface area (Å²) >= 11 is 0. The summed E-state index contributed by atoms with van der Waals surface area (Å²) < 4.78 is 10.9. The summed E-state index contributed by atoms with van der Waals surface area (Å²) in [7, 11) is 0. The zero-order chi connectivity index (χ0) is 13.9. The Hall–Kier alpha value is -1.75. The molecule has 0 aliphatic heterocycles. The summed E-state index contributed by atoms with van der Waals surface area (Å²) in [5, 5.41) is 11.6. The van der Waals surface area contributed by atoms with Gasteiger partial charge in [-0.15, -0.1) is 0 Å². The SMILES string of the molecule is CCOc1ccc(OCCNCCCC(=O)O)cc1. The van der Waals surface area contributed by atoms with Gasteiger partial charge in [-0.05, 0) is 44.2 Å². The van der Waals surface area contributed by atoms with Crippen LogP contribution in [0.15, 0.2) is 24.3 Å². The Morgan fingerprint density at radius 3 is 2.37 bits per heavy atom. The van der Waals surface area contributed by atoms with Crippen molar-refractivity contribution in [1.29, 1.82) is 0 Å². The predicted octanol–water partition coefficient (Wildman–Crippen LogP) is 1.92. The number of aliphatic carboxylic acids is 1. The Labute approximate surface area is 113 Å². The molecule has 0 aromatic heterocycles. The van der Waals surface area contributed by atoms with E-state index in [1.807, 2.05) is 31.2 Å². The minimum Gasteiger partial charge on any atom is -0.494 e. The molecule has 106 valence electrons. The number of hydrogen-bond donors (Lipinski definition) is 2. The molecule has 0 amide bonds. The number of benzene rings is 1. The molecule has 0 heterocycles. The zero-order valence-electron chi connectivity index (χ0n) is 11.2. The average Bonchev–Trinajstić information content (AvgIpc) is 2.39. The quantitative estimate of drug-likeness (QED) is 0.634. The first-order valence-corrected chi connectivity index (χ1v) is 6.50. The van der Waals surface area contributed by atoms with Crippen molar-refractivity contribution < 1.29 is 19.4 Å². The van der Waals surface area contributed by atoms with Crippen molar-refractivity contribution in [3.8, 4) is 11.5 Å². The highest BCUT2D eigenvalue weighted by atomic mass is 16.5. The van der Waals surface area contributed by atoms with Crippen LogP contribution in [0.4, 0.5) is 0 Å². The second-order valence-electron chi connectivity index (χ2n) is 4.00. The molecule has 0 saturated heterocycles. The fourth-order valence-electron chi connectivity index (χ4n) is 1.53. The van der Waals surface area contributed by atoms with Gasteiger partial charge in [0.1, 0.15) is 18.1 Å². The van der Waals surface area contributed by atoms with E-state index in [0.717, 1.165) is 11.5 Å². The van der Waals surface area contributed by atoms with E-state index in [1.54, 1.807) is 0 Å². The lowest BCUT2D eigenvalue weighted by Crippen LogP contribution is -2.22. The number of carboxylic acid groups (broad SMARTS) is 1. The first kappa shape index (κ1) is 15.3. The lowest BCUT2D eigenvalue weighted by atomic mass is 10.3. The van der Waals surface area contributed by atoms with Crippen molar-refractivity contribution in [1.82, 2.24) is 5.32 Å². The molecular formula is C14H21NO4. The number of carboxylic acids is 1. The Kier molecular flexibility index (Phi) is 7.43. The van der Waals surface area contributed by atoms with Crippen molar-refractivity contribution >= 4 is 5.97 Å². The minimum atomic E-state index is -0.757. The van der Waals surface area contributed by atoms with E-state index >= 15 is 0 Å². The molecule has 0 atom stereocenters. The van der Waals surface area contributed by atoms with Gasteiger partial charge in [0.25, 0.3) is 0 Å². The number of rotatable bonds is 10. The normalized spacial score (nSPS) is 10.2. The molecule has 0 unspecified atom stereocenters. The summed E-state index contributed by atoms with van der Waals surface area (Å²) in [6.07, 6.45) is 0.838. The topological polar surface area (TPSA) is 67.8 Å². The molecule has 5 nitrogen and oxygen atoms in total. The smallest absolute Gasteiger partial charge is 0.303 e. The molecule has 1 aromatic rings. The van der Waals surface area contributed by atoms with Gasteiger partial charge in [-0.1, -0.05) is 0 Å². The summed E-state index contributed by atoms with van der Waals surface area (Å²) in [4.78, 5) is 10.3. The van der Waals surface area contributed by atoms with Crippen molar-refractivity contribution in [3.63, 3.8) is 0 Å². The van der Waals surface area contributed by atoms with Crippen LogP contribution in [0, 0.1) is 0 Å². The van der Waals surface area contributed by atoms with Crippen molar-refractivity contribution in [2.75, 3.05) is 26.3 Å². The number of ether oxygens (including phenoxy) is 2. The van der Waals surface area contributed by atoms with Crippen LogP contribution in [0.3, 0.4) is 0 Å². The summed E-state index contributed by atoms with van der Waals surface area (Å²) in [5.41, 5.74) is 0. The van der Waals surface area contributed by atoms with Gasteiger partial charge in [0.2, 0.25) is 0 Å². The molecule has 19 heavy (non-hydrogen) atoms. The zero-order valence-corrected chi connectivity index (χ0v) is 11.2. The minimum absolute atomic E-state index is 0.201. The van der Waals surface area contributed by atoms with Crippen molar-refractivity contribution in [3.05, 3.63) is 24.3 Å². The number of carbonyl (C=O) groups is 1. The Bertz CT molecular complexity index is 364. The van der Waals surface area contributed by atoms with Gasteiger partial charge >= 0.3 is 5.97 Å². The maximum Gasteiger partial charge on any atom is 0.303 e. The summed E-state index contributed by atoms with van der Waals surface area (Å²) in [6.45, 7) is 4.55. The molecule has 5 heteroatoms. The molecule has 1 aromatic carbocycles. The highest BCUT2D eigenvalue weighted by molar-refractivity contribution is 5.66. The second kappa shape index (κ2) is 9.22. The third-order valence-electron chi connectivity index (χ3n) is 2.43. The van der Waals surface area contributed by atoms with Gasteiger partial charge in [-0.3, -0.25) is 4.79 Å². The standard InChI is InChI=1S/C14H21NO4/c1-2-18-12-5-7-13(8-6-12)19-11-10-15-9-3-4-14(16)17/h5-8,15H,2-4,9-11H2,1H3,(H,16,17). The third-order valence-corrected chi connectivity index (χ3v) is 2.43. The van der Waals surface area contributed by atoms with E-state index in [1.165, 1.54) is 0 Å². The van der Waals surface area contributed by atoms with E-state index in [0.29, 0.717) is 32.7 Å². The van der Waals surface area contributed by atoms with E-state index < -0.39 is 5.97 Å². The van der Waals surface area contributed by atoms with Crippen LogP contribution in [-0.2, 0) is 4.79 Å². The van der Waals surface area contributed by atoms with Gasteiger partial charge < -0.3 is 19.9 Å². The largest absolute Gasteiger partial charge is 0.494 e. The Balaban J connectivity index is 2.07. The van der Waals surface area contributed by atoms with Crippen molar-refractivity contribution in [2.45, 2.75) is 19.8 Å². The fraction of sp³-hybridized carbons (Fsp3) is 0.500. The lowest BCUT2D eigenvalue weighted by molar-refractivity contribution is -0.137. The van der Waals surface area contributed by atoms with Crippen LogP contribution < -0.4 is 14.8 Å². The maximum atomic E-state index is 10.3. The monoisotopic (exact) mass is 267 g/mol. The second-order valence-corrected chi connectivity index (χ2v) is 4.00. The molecule has 1 rings (SSSR count). The number of nitrogens with one attached hydrogen (secondary N) is 1. The molecule has 0 fully saturated rings. The van der Waals surface area contributed by atoms with Gasteiger partial charge in [0.05, 0.1) is 6.61 Å².